The number of carbonyl (C=O) groups is 1. The van der Waals surface area contributed by atoms with Crippen LogP contribution in [0.1, 0.15) is 35.7 Å². The first kappa shape index (κ1) is 22.3. The Morgan fingerprint density at radius 3 is 2.69 bits per heavy atom. The molecule has 0 saturated carbocycles. The van der Waals surface area contributed by atoms with E-state index in [-0.39, 0.29) is 0 Å². The van der Waals surface area contributed by atoms with Crippen molar-refractivity contribution in [2.45, 2.75) is 26.7 Å². The van der Waals surface area contributed by atoms with E-state index in [2.05, 4.69) is 17.1 Å². The van der Waals surface area contributed by atoms with E-state index in [0.717, 1.165) is 45.9 Å². The molecule has 2 heterocycles. The van der Waals surface area contributed by atoms with Gasteiger partial charge in [0.15, 0.2) is 5.13 Å². The van der Waals surface area contributed by atoms with Gasteiger partial charge >= 0.3 is 0 Å². The average molecular weight is 451 g/mol. The van der Waals surface area contributed by atoms with Crippen LogP contribution in [0, 0.1) is 12.8 Å². The lowest BCUT2D eigenvalue weighted by Crippen LogP contribution is -2.35. The molecule has 7 heteroatoms. The number of hydrogen-bond acceptors (Lipinski definition) is 6. The molecule has 0 atom stereocenters. The minimum absolute atomic E-state index is 0.444. The van der Waals surface area contributed by atoms with Gasteiger partial charge < -0.3 is 15.8 Å². The van der Waals surface area contributed by atoms with Crippen molar-refractivity contribution in [1.29, 1.82) is 0 Å². The third-order valence-corrected chi connectivity index (χ3v) is 6.73. The number of ether oxygens (including phenoxy) is 1. The fourth-order valence-electron chi connectivity index (χ4n) is 3.79. The van der Waals surface area contributed by atoms with Crippen molar-refractivity contribution in [2.75, 3.05) is 31.6 Å². The molecule has 168 valence electrons. The number of benzene rings is 2. The van der Waals surface area contributed by atoms with E-state index < -0.39 is 5.91 Å². The lowest BCUT2D eigenvalue weighted by molar-refractivity contribution is 0.100. The SMILES string of the molecule is Cc1ccc(C(N)=O)cc1Nc1nc(-c2ccc(OCCN3CCC(C)CC3)cc2)cs1. The van der Waals surface area contributed by atoms with Gasteiger partial charge in [0.2, 0.25) is 5.91 Å². The Morgan fingerprint density at radius 1 is 1.22 bits per heavy atom. The zero-order valence-corrected chi connectivity index (χ0v) is 19.5. The molecule has 0 bridgehead atoms. The minimum atomic E-state index is -0.444. The van der Waals surface area contributed by atoms with Crippen LogP contribution in [-0.4, -0.2) is 42.0 Å². The van der Waals surface area contributed by atoms with Gasteiger partial charge in [0.1, 0.15) is 12.4 Å². The zero-order valence-electron chi connectivity index (χ0n) is 18.6. The van der Waals surface area contributed by atoms with E-state index in [1.54, 1.807) is 12.1 Å². The average Bonchev–Trinajstić information content (AvgIpc) is 3.25. The number of primary amides is 1. The number of rotatable bonds is 8. The van der Waals surface area contributed by atoms with Crippen molar-refractivity contribution in [3.63, 3.8) is 0 Å². The molecule has 6 nitrogen and oxygen atoms in total. The predicted octanol–water partition coefficient (Wildman–Crippen LogP) is 5.07. The molecule has 1 fully saturated rings. The molecule has 0 radical (unpaired) electrons. The summed E-state index contributed by atoms with van der Waals surface area (Å²) in [6.45, 7) is 8.35. The van der Waals surface area contributed by atoms with Gasteiger partial charge in [-0.15, -0.1) is 11.3 Å². The van der Waals surface area contributed by atoms with Crippen molar-refractivity contribution in [1.82, 2.24) is 9.88 Å². The van der Waals surface area contributed by atoms with Crippen LogP contribution in [-0.2, 0) is 0 Å². The number of anilines is 2. The predicted molar refractivity (Wildman–Crippen MR) is 131 cm³/mol. The molecule has 3 aromatic rings. The minimum Gasteiger partial charge on any atom is -0.492 e. The number of carbonyl (C=O) groups excluding carboxylic acids is 1. The van der Waals surface area contributed by atoms with E-state index in [4.69, 9.17) is 15.5 Å². The van der Waals surface area contributed by atoms with Gasteiger partial charge in [0, 0.05) is 28.7 Å². The zero-order chi connectivity index (χ0) is 22.5. The highest BCUT2D eigenvalue weighted by Gasteiger charge is 2.15. The summed E-state index contributed by atoms with van der Waals surface area (Å²) in [7, 11) is 0. The molecule has 0 aliphatic carbocycles. The highest BCUT2D eigenvalue weighted by atomic mass is 32.1. The monoisotopic (exact) mass is 450 g/mol. The largest absolute Gasteiger partial charge is 0.492 e. The highest BCUT2D eigenvalue weighted by molar-refractivity contribution is 7.14. The molecule has 0 spiro atoms. The highest BCUT2D eigenvalue weighted by Crippen LogP contribution is 2.29. The van der Waals surface area contributed by atoms with E-state index in [0.29, 0.717) is 12.2 Å². The van der Waals surface area contributed by atoms with Gasteiger partial charge in [-0.1, -0.05) is 13.0 Å². The second-order valence-corrected chi connectivity index (χ2v) is 9.31. The fraction of sp³-hybridized carbons (Fsp3) is 0.360. The number of likely N-dealkylation sites (tertiary alicyclic amines) is 1. The summed E-state index contributed by atoms with van der Waals surface area (Å²) < 4.78 is 5.94. The quantitative estimate of drug-likeness (QED) is 0.501. The number of nitrogens with zero attached hydrogens (tertiary/aromatic N) is 2. The molecule has 1 aliphatic heterocycles. The first-order valence-electron chi connectivity index (χ1n) is 11.1. The van der Waals surface area contributed by atoms with Crippen molar-refractivity contribution in [3.8, 4) is 17.0 Å². The first-order valence-corrected chi connectivity index (χ1v) is 11.9. The lowest BCUT2D eigenvalue weighted by atomic mass is 9.99. The maximum atomic E-state index is 11.5. The van der Waals surface area contributed by atoms with Gasteiger partial charge in [-0.25, -0.2) is 4.98 Å². The van der Waals surface area contributed by atoms with E-state index in [9.17, 15) is 4.79 Å². The Labute approximate surface area is 193 Å². The van der Waals surface area contributed by atoms with Crippen LogP contribution in [0.5, 0.6) is 5.75 Å². The number of nitrogens with one attached hydrogen (secondary N) is 1. The van der Waals surface area contributed by atoms with Crippen molar-refractivity contribution >= 4 is 28.1 Å². The Balaban J connectivity index is 1.33. The van der Waals surface area contributed by atoms with Crippen LogP contribution in [0.2, 0.25) is 0 Å². The summed E-state index contributed by atoms with van der Waals surface area (Å²) in [6.07, 6.45) is 2.57. The van der Waals surface area contributed by atoms with Gasteiger partial charge in [0.05, 0.1) is 5.69 Å². The molecule has 2 aromatic carbocycles. The third-order valence-electron chi connectivity index (χ3n) is 5.97. The van der Waals surface area contributed by atoms with Crippen LogP contribution in [0.4, 0.5) is 10.8 Å². The molecular weight excluding hydrogens is 420 g/mol. The van der Waals surface area contributed by atoms with Crippen LogP contribution >= 0.6 is 11.3 Å². The number of piperidine rings is 1. The topological polar surface area (TPSA) is 80.5 Å². The third kappa shape index (κ3) is 5.66. The van der Waals surface area contributed by atoms with E-state index in [1.807, 2.05) is 42.6 Å². The number of amides is 1. The lowest BCUT2D eigenvalue weighted by Gasteiger charge is -2.29. The van der Waals surface area contributed by atoms with Crippen molar-refractivity contribution < 1.29 is 9.53 Å². The number of nitrogens with two attached hydrogens (primary N) is 1. The Morgan fingerprint density at radius 2 is 1.97 bits per heavy atom. The molecule has 1 aromatic heterocycles. The van der Waals surface area contributed by atoms with Crippen LogP contribution in [0.3, 0.4) is 0 Å². The van der Waals surface area contributed by atoms with Gasteiger partial charge in [-0.05, 0) is 80.7 Å². The van der Waals surface area contributed by atoms with Gasteiger partial charge in [-0.3, -0.25) is 9.69 Å². The molecule has 3 N–H and O–H groups in total. The number of hydrogen-bond donors (Lipinski definition) is 2. The Kier molecular flexibility index (Phi) is 7.07. The van der Waals surface area contributed by atoms with Gasteiger partial charge in [-0.2, -0.15) is 0 Å². The molecule has 1 amide bonds. The molecular formula is C25H30N4O2S. The first-order chi connectivity index (χ1) is 15.5. The van der Waals surface area contributed by atoms with E-state index in [1.165, 1.54) is 37.3 Å². The van der Waals surface area contributed by atoms with Gasteiger partial charge in [0.25, 0.3) is 0 Å². The summed E-state index contributed by atoms with van der Waals surface area (Å²) >= 11 is 1.52. The molecule has 1 aliphatic rings. The van der Waals surface area contributed by atoms with Crippen LogP contribution < -0.4 is 15.8 Å². The number of aryl methyl sites for hydroxylation is 1. The van der Waals surface area contributed by atoms with Crippen molar-refractivity contribution in [3.05, 3.63) is 59.0 Å². The van der Waals surface area contributed by atoms with Crippen LogP contribution in [0.25, 0.3) is 11.3 Å². The summed E-state index contributed by atoms with van der Waals surface area (Å²) in [5.74, 6) is 1.29. The maximum Gasteiger partial charge on any atom is 0.248 e. The smallest absolute Gasteiger partial charge is 0.248 e. The second kappa shape index (κ2) is 10.1. The molecule has 4 rings (SSSR count). The maximum absolute atomic E-state index is 11.5. The number of thiazole rings is 1. The summed E-state index contributed by atoms with van der Waals surface area (Å²) in [5, 5.41) is 6.08. The molecule has 1 saturated heterocycles. The standard InChI is InChI=1S/C25H30N4O2S/c1-17-9-11-29(12-10-17)13-14-31-21-7-5-19(6-8-21)23-16-32-25(28-23)27-22-15-20(24(26)30)4-3-18(22)2/h3-8,15-17H,9-14H2,1-2H3,(H2,26,30)(H,27,28). The normalized spacial score (nSPS) is 14.9. The second-order valence-electron chi connectivity index (χ2n) is 8.45. The Bertz CT molecular complexity index is 1060. The summed E-state index contributed by atoms with van der Waals surface area (Å²) in [4.78, 5) is 18.6. The summed E-state index contributed by atoms with van der Waals surface area (Å²) in [6, 6.07) is 13.4. The molecule has 0 unspecified atom stereocenters. The van der Waals surface area contributed by atoms with E-state index >= 15 is 0 Å². The molecule has 32 heavy (non-hydrogen) atoms. The number of aromatic nitrogens is 1. The fourth-order valence-corrected chi connectivity index (χ4v) is 4.52. The summed E-state index contributed by atoms with van der Waals surface area (Å²) in [5.41, 5.74) is 9.66. The Hall–Kier alpha value is -2.90. The van der Waals surface area contributed by atoms with Crippen LogP contribution in [0.15, 0.2) is 47.8 Å². The van der Waals surface area contributed by atoms with Crippen molar-refractivity contribution in [2.24, 2.45) is 11.7 Å².